The van der Waals surface area contributed by atoms with E-state index < -0.39 is 64.7 Å². The molecule has 7 unspecified atom stereocenters. The van der Waals surface area contributed by atoms with E-state index in [1.807, 2.05) is 13.0 Å². The first-order chi connectivity index (χ1) is 25.9. The summed E-state index contributed by atoms with van der Waals surface area (Å²) in [5.41, 5.74) is -4.18. The Labute approximate surface area is 324 Å². The lowest BCUT2D eigenvalue weighted by Crippen LogP contribution is -2.70. The molecule has 6 saturated carbocycles. The summed E-state index contributed by atoms with van der Waals surface area (Å²) in [5.74, 6) is -0.00683. The lowest BCUT2D eigenvalue weighted by molar-refractivity contribution is -0.244. The average Bonchev–Trinajstić information content (AvgIpc) is 3.56. The second-order valence-corrected chi connectivity index (χ2v) is 19.9. The van der Waals surface area contributed by atoms with Crippen molar-refractivity contribution in [1.82, 2.24) is 0 Å². The van der Waals surface area contributed by atoms with E-state index in [4.69, 9.17) is 9.47 Å². The minimum absolute atomic E-state index is 0.103. The first-order valence-electron chi connectivity index (χ1n) is 21.2. The van der Waals surface area contributed by atoms with Crippen LogP contribution >= 0.6 is 0 Å². The number of esters is 2. The van der Waals surface area contributed by atoms with E-state index in [1.54, 1.807) is 19.9 Å². The van der Waals surface area contributed by atoms with Gasteiger partial charge in [0.05, 0.1) is 18.9 Å². The molecule has 0 heterocycles. The molecule has 0 aromatic rings. The molecule has 0 bridgehead atoms. The molecule has 16 atom stereocenters. The van der Waals surface area contributed by atoms with Gasteiger partial charge in [0, 0.05) is 28.6 Å². The van der Waals surface area contributed by atoms with Crippen molar-refractivity contribution >= 4 is 23.5 Å². The number of aliphatic hydroxyl groups is 3. The predicted octanol–water partition coefficient (Wildman–Crippen LogP) is 6.32. The fourth-order valence-corrected chi connectivity index (χ4v) is 15.0. The monoisotopic (exact) mass is 764 g/mol. The molecule has 3 N–H and O–H groups in total. The van der Waals surface area contributed by atoms with Crippen molar-refractivity contribution in [3.8, 4) is 0 Å². The molecule has 0 radical (unpaired) electrons. The SMILES string of the molecule is C[C@H]1C[C@@]2(C)C(CC[C@@H]2OC(=O)CCC(=O)OCC(O)[C@@]2(O)[C@@H](C)CC3C4CCC5=CC(=O)C=C[C@]5(C)[C@@]4(F)[C@@H](O)C[C@@]32C)C2CCC3=CC(=O)CCC3C21. The van der Waals surface area contributed by atoms with Crippen molar-refractivity contribution in [2.75, 3.05) is 6.61 Å². The van der Waals surface area contributed by atoms with E-state index in [0.29, 0.717) is 60.8 Å². The van der Waals surface area contributed by atoms with Crippen LogP contribution in [0.4, 0.5) is 4.39 Å². The van der Waals surface area contributed by atoms with Crippen molar-refractivity contribution in [3.05, 3.63) is 35.5 Å². The Bertz CT molecular complexity index is 1730. The fraction of sp³-hybridized carbons (Fsp3) is 0.778. The van der Waals surface area contributed by atoms with Crippen LogP contribution in [0.5, 0.6) is 0 Å². The van der Waals surface area contributed by atoms with Gasteiger partial charge in [-0.3, -0.25) is 19.2 Å². The zero-order chi connectivity index (χ0) is 39.5. The van der Waals surface area contributed by atoms with Gasteiger partial charge in [0.2, 0.25) is 0 Å². The van der Waals surface area contributed by atoms with E-state index in [2.05, 4.69) is 13.8 Å². The van der Waals surface area contributed by atoms with Gasteiger partial charge >= 0.3 is 11.9 Å². The highest BCUT2D eigenvalue weighted by Crippen LogP contribution is 2.71. The number of rotatable bonds is 7. The van der Waals surface area contributed by atoms with Crippen molar-refractivity contribution in [2.24, 2.45) is 63.6 Å². The van der Waals surface area contributed by atoms with Crippen molar-refractivity contribution in [2.45, 2.75) is 148 Å². The molecule has 0 saturated heterocycles. The van der Waals surface area contributed by atoms with Crippen molar-refractivity contribution < 1.29 is 48.4 Å². The molecule has 8 aliphatic rings. The number of allylic oxidation sites excluding steroid dienone is 5. The van der Waals surface area contributed by atoms with Gasteiger partial charge in [0.25, 0.3) is 0 Å². The highest BCUT2D eigenvalue weighted by Gasteiger charge is 2.75. The smallest absolute Gasteiger partial charge is 0.306 e. The van der Waals surface area contributed by atoms with Gasteiger partial charge in [0.1, 0.15) is 24.4 Å². The number of aliphatic hydroxyl groups excluding tert-OH is 2. The summed E-state index contributed by atoms with van der Waals surface area (Å²) in [4.78, 5) is 50.5. The Hall–Kier alpha value is -2.69. The number of ketones is 2. The number of hydrogen-bond donors (Lipinski definition) is 3. The lowest BCUT2D eigenvalue weighted by atomic mass is 9.44. The maximum atomic E-state index is 17.5. The van der Waals surface area contributed by atoms with Gasteiger partial charge in [-0.1, -0.05) is 44.9 Å². The zero-order valence-electron chi connectivity index (χ0n) is 33.2. The Morgan fingerprint density at radius 2 is 1.67 bits per heavy atom. The lowest BCUT2D eigenvalue weighted by Gasteiger charge is -2.63. The van der Waals surface area contributed by atoms with E-state index in [1.165, 1.54) is 17.7 Å². The maximum Gasteiger partial charge on any atom is 0.306 e. The third-order valence-electron chi connectivity index (χ3n) is 17.5. The van der Waals surface area contributed by atoms with Crippen LogP contribution in [0.25, 0.3) is 0 Å². The van der Waals surface area contributed by atoms with Gasteiger partial charge in [0.15, 0.2) is 17.2 Å². The molecule has 9 nitrogen and oxygen atoms in total. The molecule has 10 heteroatoms. The number of ether oxygens (including phenoxy) is 2. The number of carbonyl (C=O) groups is 4. The normalized spacial score (nSPS) is 48.9. The number of hydrogen-bond acceptors (Lipinski definition) is 9. The van der Waals surface area contributed by atoms with E-state index in [-0.39, 0.29) is 48.3 Å². The maximum absolute atomic E-state index is 17.5. The summed E-state index contributed by atoms with van der Waals surface area (Å²) >= 11 is 0. The zero-order valence-corrected chi connectivity index (χ0v) is 33.2. The fourth-order valence-electron chi connectivity index (χ4n) is 15.0. The second kappa shape index (κ2) is 13.4. The topological polar surface area (TPSA) is 147 Å². The standard InChI is InChI=1S/C45H61FO9/c1-24-21-41(3)32(31-9-6-26-19-28(47)8-10-30(26)40(24)31)12-13-37(41)55-39(52)15-14-38(51)54-23-36(50)45(53)25(2)18-34-33-11-7-27-20-29(48)16-17-42(27,4)44(33,46)35(49)22-43(34,45)5/h16-17,19-20,24-25,30-37,40,49-50,53H,6-15,18,21-23H2,1-5H3/t24-,25-,30?,31?,32?,33?,34?,35-,36?,37-,40?,41-,42-,43-,44-,45-/m0/s1. The van der Waals surface area contributed by atoms with Gasteiger partial charge in [-0.25, -0.2) is 4.39 Å². The molecule has 0 aliphatic heterocycles. The van der Waals surface area contributed by atoms with Crippen molar-refractivity contribution in [1.29, 1.82) is 0 Å². The van der Waals surface area contributed by atoms with Gasteiger partial charge < -0.3 is 24.8 Å². The largest absolute Gasteiger partial charge is 0.463 e. The summed E-state index contributed by atoms with van der Waals surface area (Å²) in [6.45, 7) is 9.47. The molecule has 0 aromatic carbocycles. The van der Waals surface area contributed by atoms with Gasteiger partial charge in [-0.2, -0.15) is 0 Å². The molecular weight excluding hydrogens is 703 g/mol. The predicted molar refractivity (Wildman–Crippen MR) is 201 cm³/mol. The van der Waals surface area contributed by atoms with Crippen LogP contribution in [0, 0.1) is 63.6 Å². The first-order valence-corrected chi connectivity index (χ1v) is 21.2. The summed E-state index contributed by atoms with van der Waals surface area (Å²) in [6, 6.07) is 0. The van der Waals surface area contributed by atoms with Crippen LogP contribution in [-0.4, -0.2) is 75.0 Å². The number of alkyl halides is 1. The van der Waals surface area contributed by atoms with Crippen LogP contribution in [0.2, 0.25) is 0 Å². The van der Waals surface area contributed by atoms with Crippen molar-refractivity contribution in [3.63, 3.8) is 0 Å². The average molecular weight is 765 g/mol. The first kappa shape index (κ1) is 39.2. The van der Waals surface area contributed by atoms with E-state index >= 15 is 4.39 Å². The Balaban J connectivity index is 0.867. The van der Waals surface area contributed by atoms with E-state index in [9.17, 15) is 34.5 Å². The molecule has 0 aromatic heterocycles. The molecular formula is C45H61FO9. The van der Waals surface area contributed by atoms with Crippen LogP contribution in [0.1, 0.15) is 118 Å². The third kappa shape index (κ3) is 5.60. The second-order valence-electron chi connectivity index (χ2n) is 19.9. The highest BCUT2D eigenvalue weighted by molar-refractivity contribution is 6.01. The molecule has 8 rings (SSSR count). The number of fused-ring (bicyclic) bond motifs is 10. The molecule has 302 valence electrons. The van der Waals surface area contributed by atoms with Crippen LogP contribution in [-0.2, 0) is 28.7 Å². The highest BCUT2D eigenvalue weighted by atomic mass is 19.1. The number of halogens is 1. The Morgan fingerprint density at radius 3 is 2.44 bits per heavy atom. The molecule has 55 heavy (non-hydrogen) atoms. The van der Waals surface area contributed by atoms with Gasteiger partial charge in [-0.05, 0) is 131 Å². The minimum Gasteiger partial charge on any atom is -0.463 e. The molecule has 8 aliphatic carbocycles. The minimum atomic E-state index is -2.06. The summed E-state index contributed by atoms with van der Waals surface area (Å²) in [6.07, 6.45) is 10.5. The van der Waals surface area contributed by atoms with Gasteiger partial charge in [-0.15, -0.1) is 0 Å². The quantitative estimate of drug-likeness (QED) is 0.254. The van der Waals surface area contributed by atoms with Crippen LogP contribution < -0.4 is 0 Å². The Morgan fingerprint density at radius 1 is 0.927 bits per heavy atom. The van der Waals surface area contributed by atoms with E-state index in [0.717, 1.165) is 38.5 Å². The number of carbonyl (C=O) groups excluding carboxylic acids is 4. The molecule has 0 amide bonds. The molecule has 6 fully saturated rings. The Kier molecular flexibility index (Phi) is 9.57. The summed E-state index contributed by atoms with van der Waals surface area (Å²) < 4.78 is 29.1. The third-order valence-corrected chi connectivity index (χ3v) is 17.5. The summed E-state index contributed by atoms with van der Waals surface area (Å²) in [7, 11) is 0. The molecule has 0 spiro atoms. The van der Waals surface area contributed by atoms with Crippen LogP contribution in [0.3, 0.4) is 0 Å². The summed E-state index contributed by atoms with van der Waals surface area (Å²) in [5, 5.41) is 35.5. The van der Waals surface area contributed by atoms with Crippen LogP contribution in [0.15, 0.2) is 35.5 Å².